The lowest BCUT2D eigenvalue weighted by Crippen LogP contribution is -2.16. The van der Waals surface area contributed by atoms with Gasteiger partial charge >= 0.3 is 0 Å². The molecule has 0 aliphatic carbocycles. The van der Waals surface area contributed by atoms with E-state index in [2.05, 4.69) is 29.1 Å². The van der Waals surface area contributed by atoms with Crippen molar-refractivity contribution < 1.29 is 0 Å². The highest BCUT2D eigenvalue weighted by Gasteiger charge is 2.07. The summed E-state index contributed by atoms with van der Waals surface area (Å²) >= 11 is 7.79. The number of hydrogen-bond acceptors (Lipinski definition) is 4. The molecule has 0 fully saturated rings. The Balaban J connectivity index is 2.41. The van der Waals surface area contributed by atoms with Crippen LogP contribution in [0.5, 0.6) is 0 Å². The second kappa shape index (κ2) is 6.97. The molecule has 0 saturated heterocycles. The number of aromatic nitrogens is 2. The first-order chi connectivity index (χ1) is 7.61. The maximum absolute atomic E-state index is 6.19. The molecule has 0 aliphatic rings. The Morgan fingerprint density at radius 2 is 2.19 bits per heavy atom. The van der Waals surface area contributed by atoms with Gasteiger partial charge in [-0.15, -0.1) is 23.4 Å². The van der Waals surface area contributed by atoms with Crippen LogP contribution in [0.3, 0.4) is 0 Å². The van der Waals surface area contributed by atoms with Gasteiger partial charge in [-0.2, -0.15) is 0 Å². The second-order valence-electron chi connectivity index (χ2n) is 4.05. The lowest BCUT2D eigenvalue weighted by atomic mass is 10.1. The first-order valence-corrected chi connectivity index (χ1v) is 7.02. The van der Waals surface area contributed by atoms with E-state index in [-0.39, 0.29) is 5.38 Å². The van der Waals surface area contributed by atoms with E-state index < -0.39 is 0 Å². The van der Waals surface area contributed by atoms with Gasteiger partial charge in [-0.05, 0) is 18.6 Å². The van der Waals surface area contributed by atoms with Crippen molar-refractivity contribution in [1.82, 2.24) is 9.97 Å². The molecule has 0 spiro atoms. The molecule has 0 aliphatic heterocycles. The number of alkyl halides is 1. The van der Waals surface area contributed by atoms with Crippen molar-refractivity contribution in [3.8, 4) is 0 Å². The summed E-state index contributed by atoms with van der Waals surface area (Å²) in [4.78, 5) is 8.26. The van der Waals surface area contributed by atoms with Gasteiger partial charge in [0.15, 0.2) is 0 Å². The molecule has 1 aromatic rings. The third kappa shape index (κ3) is 5.03. The van der Waals surface area contributed by atoms with Crippen LogP contribution in [0.25, 0.3) is 0 Å². The fraction of sp³-hybridized carbons (Fsp3) is 0.636. The highest BCUT2D eigenvalue weighted by Crippen LogP contribution is 2.15. The number of nitrogens with one attached hydrogen (secondary N) is 1. The van der Waals surface area contributed by atoms with Crippen LogP contribution < -0.4 is 5.32 Å². The first-order valence-electron chi connectivity index (χ1n) is 5.35. The highest BCUT2D eigenvalue weighted by atomic mass is 35.5. The predicted octanol–water partition coefficient (Wildman–Crippen LogP) is 3.26. The molecule has 1 heterocycles. The van der Waals surface area contributed by atoms with Crippen LogP contribution >= 0.6 is 23.4 Å². The van der Waals surface area contributed by atoms with E-state index >= 15 is 0 Å². The monoisotopic (exact) mass is 259 g/mol. The van der Waals surface area contributed by atoms with Gasteiger partial charge in [0.25, 0.3) is 0 Å². The van der Waals surface area contributed by atoms with E-state index in [0.29, 0.717) is 5.92 Å². The zero-order valence-corrected chi connectivity index (χ0v) is 11.5. The second-order valence-corrected chi connectivity index (χ2v) is 5.50. The van der Waals surface area contributed by atoms with Gasteiger partial charge in [-0.25, -0.2) is 9.97 Å². The topological polar surface area (TPSA) is 37.8 Å². The molecule has 1 rings (SSSR count). The Morgan fingerprint density at radius 3 is 2.81 bits per heavy atom. The molecule has 5 heteroatoms. The average Bonchev–Trinajstić information content (AvgIpc) is 2.26. The average molecular weight is 260 g/mol. The Bertz CT molecular complexity index is 320. The van der Waals surface area contributed by atoms with Gasteiger partial charge in [0.2, 0.25) is 0 Å². The number of thioether (sulfide) groups is 1. The van der Waals surface area contributed by atoms with Crippen LogP contribution in [0, 0.1) is 5.92 Å². The maximum Gasteiger partial charge on any atom is 0.130 e. The normalized spacial score (nSPS) is 12.8. The van der Waals surface area contributed by atoms with Gasteiger partial charge in [0, 0.05) is 12.6 Å². The van der Waals surface area contributed by atoms with E-state index in [1.165, 1.54) is 0 Å². The van der Waals surface area contributed by atoms with Crippen molar-refractivity contribution in [2.45, 2.75) is 30.7 Å². The van der Waals surface area contributed by atoms with Gasteiger partial charge in [-0.1, -0.05) is 13.8 Å². The maximum atomic E-state index is 6.19. The van der Waals surface area contributed by atoms with Crippen molar-refractivity contribution >= 4 is 29.2 Å². The van der Waals surface area contributed by atoms with Gasteiger partial charge in [-0.3, -0.25) is 0 Å². The van der Waals surface area contributed by atoms with Crippen LogP contribution in [0.15, 0.2) is 17.4 Å². The van der Waals surface area contributed by atoms with Crippen LogP contribution in [-0.2, 0) is 0 Å². The third-order valence-corrected chi connectivity index (χ3v) is 3.06. The van der Waals surface area contributed by atoms with Gasteiger partial charge < -0.3 is 5.32 Å². The summed E-state index contributed by atoms with van der Waals surface area (Å²) in [5.74, 6) is 1.46. The predicted molar refractivity (Wildman–Crippen MR) is 71.4 cm³/mol. The van der Waals surface area contributed by atoms with Crippen molar-refractivity contribution in [2.75, 3.05) is 18.1 Å². The van der Waals surface area contributed by atoms with E-state index in [0.717, 1.165) is 23.8 Å². The number of hydrogen-bond donors (Lipinski definition) is 1. The van der Waals surface area contributed by atoms with Crippen molar-refractivity contribution in [3.05, 3.63) is 12.4 Å². The quantitative estimate of drug-likeness (QED) is 0.483. The smallest absolute Gasteiger partial charge is 0.130 e. The van der Waals surface area contributed by atoms with E-state index in [1.54, 1.807) is 18.1 Å². The fourth-order valence-corrected chi connectivity index (χ4v) is 2.17. The summed E-state index contributed by atoms with van der Waals surface area (Å²) in [6.45, 7) is 5.09. The molecule has 1 aromatic heterocycles. The summed E-state index contributed by atoms with van der Waals surface area (Å²) in [6.07, 6.45) is 4.57. The molecule has 0 amide bonds. The van der Waals surface area contributed by atoms with E-state index in [9.17, 15) is 0 Å². The number of rotatable bonds is 6. The summed E-state index contributed by atoms with van der Waals surface area (Å²) in [7, 11) is 0. The molecule has 1 atom stereocenters. The fourth-order valence-electron chi connectivity index (χ4n) is 1.36. The molecule has 1 N–H and O–H groups in total. The minimum Gasteiger partial charge on any atom is -0.368 e. The Kier molecular flexibility index (Phi) is 5.91. The standard InChI is InChI=1S/C11H18ClN3S/c1-8(2)4-9(12)6-13-10-5-11(16-3)15-7-14-10/h5,7-9H,4,6H2,1-3H3,(H,13,14,15). The van der Waals surface area contributed by atoms with Crippen molar-refractivity contribution in [3.63, 3.8) is 0 Å². The molecule has 16 heavy (non-hydrogen) atoms. The SMILES string of the molecule is CSc1cc(NCC(Cl)CC(C)C)ncn1. The summed E-state index contributed by atoms with van der Waals surface area (Å²) in [6, 6.07) is 1.93. The molecule has 0 aromatic carbocycles. The van der Waals surface area contributed by atoms with Crippen LogP contribution in [0.4, 0.5) is 5.82 Å². The lowest BCUT2D eigenvalue weighted by molar-refractivity contribution is 0.572. The summed E-state index contributed by atoms with van der Waals surface area (Å²) in [5, 5.41) is 4.34. The van der Waals surface area contributed by atoms with E-state index in [4.69, 9.17) is 11.6 Å². The van der Waals surface area contributed by atoms with Gasteiger partial charge in [0.1, 0.15) is 17.2 Å². The molecular weight excluding hydrogens is 242 g/mol. The summed E-state index contributed by atoms with van der Waals surface area (Å²) in [5.41, 5.74) is 0. The van der Waals surface area contributed by atoms with Crippen molar-refractivity contribution in [2.24, 2.45) is 5.92 Å². The minimum atomic E-state index is 0.146. The van der Waals surface area contributed by atoms with Crippen LogP contribution in [0.1, 0.15) is 20.3 Å². The van der Waals surface area contributed by atoms with Crippen molar-refractivity contribution in [1.29, 1.82) is 0 Å². The Labute approximate surface area is 106 Å². The molecular formula is C11H18ClN3S. The third-order valence-electron chi connectivity index (χ3n) is 2.08. The molecule has 90 valence electrons. The largest absolute Gasteiger partial charge is 0.368 e. The van der Waals surface area contributed by atoms with Crippen LogP contribution in [0.2, 0.25) is 0 Å². The number of halogens is 1. The first kappa shape index (κ1) is 13.6. The van der Waals surface area contributed by atoms with Crippen LogP contribution in [-0.4, -0.2) is 28.1 Å². The molecule has 0 radical (unpaired) electrons. The summed E-state index contributed by atoms with van der Waals surface area (Å²) < 4.78 is 0. The molecule has 0 bridgehead atoms. The molecule has 1 unspecified atom stereocenters. The molecule has 0 saturated carbocycles. The highest BCUT2D eigenvalue weighted by molar-refractivity contribution is 7.98. The zero-order chi connectivity index (χ0) is 12.0. The Morgan fingerprint density at radius 1 is 1.44 bits per heavy atom. The minimum absolute atomic E-state index is 0.146. The number of anilines is 1. The Hall–Kier alpha value is -0.480. The zero-order valence-electron chi connectivity index (χ0n) is 9.90. The lowest BCUT2D eigenvalue weighted by Gasteiger charge is -2.13. The van der Waals surface area contributed by atoms with Gasteiger partial charge in [0.05, 0.1) is 5.38 Å². The number of nitrogens with zero attached hydrogens (tertiary/aromatic N) is 2. The molecule has 3 nitrogen and oxygen atoms in total. The van der Waals surface area contributed by atoms with E-state index in [1.807, 2.05) is 12.3 Å².